The van der Waals surface area contributed by atoms with Crippen LogP contribution in [-0.4, -0.2) is 19.9 Å². The van der Waals surface area contributed by atoms with E-state index in [2.05, 4.69) is 0 Å². The van der Waals surface area contributed by atoms with Crippen molar-refractivity contribution < 1.29 is 17.2 Å². The van der Waals surface area contributed by atoms with Gasteiger partial charge < -0.3 is 5.73 Å². The number of hydrogen-bond donors (Lipinski definition) is 1. The molecule has 0 saturated heterocycles. The highest BCUT2D eigenvalue weighted by Crippen LogP contribution is 2.20. The van der Waals surface area contributed by atoms with Gasteiger partial charge in [0.1, 0.15) is 0 Å². The molecule has 2 atom stereocenters. The number of halogens is 2. The second-order valence-electron chi connectivity index (χ2n) is 3.73. The van der Waals surface area contributed by atoms with E-state index < -0.39 is 32.8 Å². The Labute approximate surface area is 93.2 Å². The summed E-state index contributed by atoms with van der Waals surface area (Å²) in [6.45, 7) is 1.43. The fourth-order valence-corrected chi connectivity index (χ4v) is 1.95. The predicted molar refractivity (Wildman–Crippen MR) is 57.6 cm³/mol. The van der Waals surface area contributed by atoms with Crippen LogP contribution in [-0.2, 0) is 9.84 Å². The lowest BCUT2D eigenvalue weighted by Gasteiger charge is -2.18. The van der Waals surface area contributed by atoms with Gasteiger partial charge in [0.05, 0.1) is 5.25 Å². The highest BCUT2D eigenvalue weighted by Gasteiger charge is 2.24. The lowest BCUT2D eigenvalue weighted by Crippen LogP contribution is -2.30. The van der Waals surface area contributed by atoms with E-state index in [4.69, 9.17) is 5.73 Å². The van der Waals surface area contributed by atoms with Crippen molar-refractivity contribution in [2.45, 2.75) is 18.2 Å². The molecular formula is C10H13F2NO2S. The van der Waals surface area contributed by atoms with E-state index in [-0.39, 0.29) is 5.56 Å². The summed E-state index contributed by atoms with van der Waals surface area (Å²) in [4.78, 5) is 0. The van der Waals surface area contributed by atoms with Gasteiger partial charge in [-0.3, -0.25) is 0 Å². The molecule has 16 heavy (non-hydrogen) atoms. The maximum atomic E-state index is 12.9. The van der Waals surface area contributed by atoms with E-state index in [0.717, 1.165) is 18.4 Å². The van der Waals surface area contributed by atoms with Crippen molar-refractivity contribution >= 4 is 9.84 Å². The number of nitrogens with two attached hydrogens (primary N) is 1. The van der Waals surface area contributed by atoms with Crippen molar-refractivity contribution in [3.05, 3.63) is 35.4 Å². The van der Waals surface area contributed by atoms with Gasteiger partial charge in [0.25, 0.3) is 0 Å². The zero-order chi connectivity index (χ0) is 12.5. The third-order valence-electron chi connectivity index (χ3n) is 2.51. The first kappa shape index (κ1) is 13.1. The Balaban J connectivity index is 3.06. The third kappa shape index (κ3) is 2.76. The van der Waals surface area contributed by atoms with Gasteiger partial charge in [-0.05, 0) is 24.6 Å². The summed E-state index contributed by atoms with van der Waals surface area (Å²) >= 11 is 0. The van der Waals surface area contributed by atoms with Crippen molar-refractivity contribution in [2.75, 3.05) is 6.26 Å². The summed E-state index contributed by atoms with van der Waals surface area (Å²) in [5, 5.41) is -0.850. The van der Waals surface area contributed by atoms with Gasteiger partial charge in [-0.25, -0.2) is 17.2 Å². The van der Waals surface area contributed by atoms with E-state index in [0.29, 0.717) is 0 Å². The molecule has 1 aromatic carbocycles. The topological polar surface area (TPSA) is 60.2 Å². The van der Waals surface area contributed by atoms with Crippen LogP contribution in [0.4, 0.5) is 8.78 Å². The van der Waals surface area contributed by atoms with E-state index in [9.17, 15) is 17.2 Å². The van der Waals surface area contributed by atoms with Crippen molar-refractivity contribution in [1.82, 2.24) is 0 Å². The Morgan fingerprint density at radius 2 is 1.81 bits per heavy atom. The zero-order valence-corrected chi connectivity index (χ0v) is 9.76. The molecule has 2 unspecified atom stereocenters. The Kier molecular flexibility index (Phi) is 3.64. The maximum Gasteiger partial charge on any atom is 0.159 e. The Hall–Kier alpha value is -1.01. The average molecular weight is 249 g/mol. The van der Waals surface area contributed by atoms with Gasteiger partial charge in [-0.2, -0.15) is 0 Å². The fourth-order valence-electron chi connectivity index (χ4n) is 1.26. The molecular weight excluding hydrogens is 236 g/mol. The fraction of sp³-hybridized carbons (Fsp3) is 0.400. The van der Waals surface area contributed by atoms with E-state index in [1.165, 1.54) is 13.0 Å². The minimum absolute atomic E-state index is 0.261. The monoisotopic (exact) mass is 249 g/mol. The number of sulfone groups is 1. The minimum Gasteiger partial charge on any atom is -0.323 e. The quantitative estimate of drug-likeness (QED) is 0.880. The minimum atomic E-state index is -3.31. The van der Waals surface area contributed by atoms with E-state index in [1.54, 1.807) is 0 Å². The smallest absolute Gasteiger partial charge is 0.159 e. The highest BCUT2D eigenvalue weighted by molar-refractivity contribution is 7.91. The Bertz CT molecular complexity index is 488. The van der Waals surface area contributed by atoms with Gasteiger partial charge in [-0.15, -0.1) is 0 Å². The molecule has 0 amide bonds. The van der Waals surface area contributed by atoms with Crippen molar-refractivity contribution in [1.29, 1.82) is 0 Å². The Morgan fingerprint density at radius 3 is 2.25 bits per heavy atom. The van der Waals surface area contributed by atoms with Crippen molar-refractivity contribution in [2.24, 2.45) is 5.73 Å². The van der Waals surface area contributed by atoms with Crippen LogP contribution in [0.5, 0.6) is 0 Å². The second kappa shape index (κ2) is 4.47. The maximum absolute atomic E-state index is 12.9. The summed E-state index contributed by atoms with van der Waals surface area (Å²) in [7, 11) is -3.31. The summed E-state index contributed by atoms with van der Waals surface area (Å²) < 4.78 is 48.1. The summed E-state index contributed by atoms with van der Waals surface area (Å²) in [6.07, 6.45) is 1.05. The van der Waals surface area contributed by atoms with Crippen LogP contribution in [0.2, 0.25) is 0 Å². The van der Waals surface area contributed by atoms with Crippen LogP contribution in [0.3, 0.4) is 0 Å². The molecule has 0 heterocycles. The third-order valence-corrected chi connectivity index (χ3v) is 4.15. The van der Waals surface area contributed by atoms with Gasteiger partial charge in [0.2, 0.25) is 0 Å². The van der Waals surface area contributed by atoms with Crippen molar-refractivity contribution in [3.8, 4) is 0 Å². The number of benzene rings is 1. The number of hydrogen-bond acceptors (Lipinski definition) is 3. The molecule has 0 saturated carbocycles. The first-order valence-corrected chi connectivity index (χ1v) is 6.58. The van der Waals surface area contributed by atoms with E-state index >= 15 is 0 Å². The van der Waals surface area contributed by atoms with E-state index in [1.807, 2.05) is 0 Å². The molecule has 90 valence electrons. The molecule has 1 rings (SSSR count). The summed E-state index contributed by atoms with van der Waals surface area (Å²) in [6, 6.07) is 2.26. The average Bonchev–Trinajstić information content (AvgIpc) is 2.18. The standard InChI is InChI=1S/C10H13F2NO2S/c1-6(16(2,14)15)10(13)7-3-4-8(11)9(12)5-7/h3-6,10H,13H2,1-2H3. The largest absolute Gasteiger partial charge is 0.323 e. The highest BCUT2D eigenvalue weighted by atomic mass is 32.2. The zero-order valence-electron chi connectivity index (χ0n) is 8.94. The van der Waals surface area contributed by atoms with Crippen LogP contribution in [0.15, 0.2) is 18.2 Å². The molecule has 0 bridgehead atoms. The molecule has 0 aliphatic heterocycles. The molecule has 0 aliphatic carbocycles. The van der Waals surface area contributed by atoms with Crippen LogP contribution >= 0.6 is 0 Å². The lowest BCUT2D eigenvalue weighted by atomic mass is 10.1. The molecule has 0 radical (unpaired) electrons. The summed E-state index contributed by atoms with van der Waals surface area (Å²) in [5.74, 6) is -2.02. The molecule has 3 nitrogen and oxygen atoms in total. The van der Waals surface area contributed by atoms with Crippen LogP contribution in [0.25, 0.3) is 0 Å². The SMILES string of the molecule is CC(C(N)c1ccc(F)c(F)c1)S(C)(=O)=O. The molecule has 2 N–H and O–H groups in total. The van der Waals surface area contributed by atoms with Crippen LogP contribution < -0.4 is 5.73 Å². The number of rotatable bonds is 3. The van der Waals surface area contributed by atoms with Gasteiger partial charge in [-0.1, -0.05) is 6.07 Å². The normalized spacial score (nSPS) is 15.8. The first-order valence-electron chi connectivity index (χ1n) is 4.63. The molecule has 6 heteroatoms. The molecule has 0 fully saturated rings. The molecule has 1 aromatic rings. The summed E-state index contributed by atoms with van der Waals surface area (Å²) in [5.41, 5.74) is 5.94. The van der Waals surface area contributed by atoms with Gasteiger partial charge in [0.15, 0.2) is 21.5 Å². The second-order valence-corrected chi connectivity index (χ2v) is 6.14. The molecule has 0 aromatic heterocycles. The molecule has 0 aliphatic rings. The van der Waals surface area contributed by atoms with Crippen molar-refractivity contribution in [3.63, 3.8) is 0 Å². The van der Waals surface area contributed by atoms with Crippen LogP contribution in [0, 0.1) is 11.6 Å². The predicted octanol–water partition coefficient (Wildman–Crippen LogP) is 1.40. The lowest BCUT2D eigenvalue weighted by molar-refractivity contribution is 0.504. The van der Waals surface area contributed by atoms with Gasteiger partial charge >= 0.3 is 0 Å². The van der Waals surface area contributed by atoms with Gasteiger partial charge in [0, 0.05) is 12.3 Å². The molecule has 0 spiro atoms. The first-order chi connectivity index (χ1) is 7.23. The Morgan fingerprint density at radius 1 is 1.25 bits per heavy atom. The van der Waals surface area contributed by atoms with Crippen LogP contribution in [0.1, 0.15) is 18.5 Å².